The minimum Gasteiger partial charge on any atom is -1.00 e. The lowest BCUT2D eigenvalue weighted by atomic mass is 9.76. The van der Waals surface area contributed by atoms with E-state index in [0.717, 1.165) is 0 Å². The van der Waals surface area contributed by atoms with E-state index in [1.165, 1.54) is 145 Å². The molecular weight excluding hydrogens is 1160 g/mol. The van der Waals surface area contributed by atoms with Crippen LogP contribution in [-0.4, -0.2) is 4.57 Å². The van der Waals surface area contributed by atoms with Gasteiger partial charge in [0, 0.05) is 62.4 Å². The zero-order chi connectivity index (χ0) is 68.7. The number of fused-ring (bicyclic) bond motifs is 3. The summed E-state index contributed by atoms with van der Waals surface area (Å²) in [6, 6.07) is 54.6. The minimum absolute atomic E-state index is 0. The Morgan fingerprint density at radius 3 is 0.851 bits per heavy atom. The van der Waals surface area contributed by atoms with E-state index in [0.29, 0.717) is 0 Å². The molecule has 0 aliphatic heterocycles. The van der Waals surface area contributed by atoms with Crippen LogP contribution < -0.4 is 17.0 Å². The number of halogens is 1. The van der Waals surface area contributed by atoms with Gasteiger partial charge in [-0.3, -0.25) is 0 Å². The molecule has 0 N–H and O–H groups in total. The van der Waals surface area contributed by atoms with Crippen molar-refractivity contribution in [2.45, 2.75) is 275 Å². The predicted molar refractivity (Wildman–Crippen MR) is 404 cm³/mol. The van der Waals surface area contributed by atoms with Crippen molar-refractivity contribution in [3.63, 3.8) is 0 Å². The number of aryl methyl sites for hydroxylation is 2. The van der Waals surface area contributed by atoms with Crippen molar-refractivity contribution >= 4 is 10.8 Å². The third-order valence-electron chi connectivity index (χ3n) is 21.1. The molecule has 1 aliphatic carbocycles. The Labute approximate surface area is 577 Å². The smallest absolute Gasteiger partial charge is 0.255 e. The van der Waals surface area contributed by atoms with Crippen molar-refractivity contribution in [2.75, 3.05) is 0 Å². The lowest BCUT2D eigenvalue weighted by Crippen LogP contribution is -3.00. The highest BCUT2D eigenvalue weighted by molar-refractivity contribution is 6.13. The van der Waals surface area contributed by atoms with Crippen LogP contribution >= 0.6 is 0 Å². The maximum absolute atomic E-state index is 2.72. The van der Waals surface area contributed by atoms with Gasteiger partial charge in [-0.05, 0) is 141 Å². The van der Waals surface area contributed by atoms with Gasteiger partial charge >= 0.3 is 0 Å². The van der Waals surface area contributed by atoms with Crippen LogP contribution in [0.5, 0.6) is 0 Å². The van der Waals surface area contributed by atoms with Crippen molar-refractivity contribution in [3.05, 3.63) is 240 Å². The number of imidazole rings is 1. The van der Waals surface area contributed by atoms with Crippen LogP contribution in [0.2, 0.25) is 0 Å². The van der Waals surface area contributed by atoms with Gasteiger partial charge in [-0.25, -0.2) is 0 Å². The molecule has 1 aromatic heterocycles. The lowest BCUT2D eigenvalue weighted by Gasteiger charge is -2.30. The van der Waals surface area contributed by atoms with Gasteiger partial charge in [0.25, 0.3) is 6.33 Å². The topological polar surface area (TPSA) is 8.81 Å². The summed E-state index contributed by atoms with van der Waals surface area (Å²) in [5, 5.41) is 2.59. The Kier molecular flexibility index (Phi) is 18.8. The highest BCUT2D eigenvalue weighted by Crippen LogP contribution is 2.52. The third-order valence-corrected chi connectivity index (χ3v) is 21.1. The first kappa shape index (κ1) is 71.8. The summed E-state index contributed by atoms with van der Waals surface area (Å²) >= 11 is 0. The Balaban J connectivity index is 0.0000104. The molecule has 0 saturated carbocycles. The molecule has 498 valence electrons. The molecule has 94 heavy (non-hydrogen) atoms. The highest BCUT2D eigenvalue weighted by atomic mass is 35.5. The van der Waals surface area contributed by atoms with E-state index >= 15 is 0 Å². The third kappa shape index (κ3) is 13.9. The van der Waals surface area contributed by atoms with Gasteiger partial charge in [0.05, 0.1) is 0 Å². The summed E-state index contributed by atoms with van der Waals surface area (Å²) in [5.41, 5.74) is 31.6. The Hall–Kier alpha value is -6.48. The second kappa shape index (κ2) is 24.6. The normalized spacial score (nSPS) is 14.7. The molecule has 1 aliphatic rings. The van der Waals surface area contributed by atoms with Crippen molar-refractivity contribution in [1.82, 2.24) is 4.57 Å². The van der Waals surface area contributed by atoms with E-state index in [9.17, 15) is 0 Å². The maximum atomic E-state index is 2.72. The Morgan fingerprint density at radius 1 is 0.319 bits per heavy atom. The lowest BCUT2D eigenvalue weighted by molar-refractivity contribution is -0.584. The van der Waals surface area contributed by atoms with E-state index in [1.54, 1.807) is 0 Å². The van der Waals surface area contributed by atoms with Crippen LogP contribution in [0, 0.1) is 13.8 Å². The van der Waals surface area contributed by atoms with Crippen LogP contribution in [0.15, 0.2) is 140 Å². The Bertz CT molecular complexity index is 3750. The molecule has 0 radical (unpaired) electrons. The van der Waals surface area contributed by atoms with Crippen LogP contribution in [0.1, 0.15) is 318 Å². The number of aromatic nitrogens is 2. The van der Waals surface area contributed by atoms with Gasteiger partial charge in [0.15, 0.2) is 11.4 Å². The quantitative estimate of drug-likeness (QED) is 0.121. The standard InChI is InChI=1S/C91H117N2.ClH/c1-54-37-75(56(3)61-41-65(84(7,8)9)49-66(42-61)85(10,11)12)80(76(38-54)57(4)62-43-67(86(13,14)15)50-68(44-62)87(16,17)18)92-53-93(83-74-36-32-34-60-33-31-35-73(79(60)74)82(83)92)81-77(58(5)63-45-69(88(19,20)21)51-70(46-63)89(22,23)24)39-55(2)40-78(81)59(6)64-47-71(90(25,26)27)52-72(48-64)91(28,29)30;/h31-53,56-59H,1-30H3;1H/q+1;/p-1. The number of nitrogens with zero attached hydrogens (tertiary/aromatic N) is 2. The summed E-state index contributed by atoms with van der Waals surface area (Å²) in [5.74, 6) is 0.0967. The minimum atomic E-state index is -0.0482. The van der Waals surface area contributed by atoms with Gasteiger partial charge in [-0.2, -0.15) is 9.13 Å². The second-order valence-electron chi connectivity index (χ2n) is 37.1. The predicted octanol–water partition coefficient (Wildman–Crippen LogP) is 22.2. The van der Waals surface area contributed by atoms with Crippen LogP contribution in [-0.2, 0) is 43.3 Å². The molecule has 2 nitrogen and oxygen atoms in total. The van der Waals surface area contributed by atoms with Crippen molar-refractivity contribution < 1.29 is 17.0 Å². The molecule has 0 amide bonds. The molecule has 8 aromatic carbocycles. The monoisotopic (exact) mass is 1270 g/mol. The number of hydrogen-bond donors (Lipinski definition) is 0. The fourth-order valence-corrected chi connectivity index (χ4v) is 14.4. The fourth-order valence-electron chi connectivity index (χ4n) is 14.4. The summed E-state index contributed by atoms with van der Waals surface area (Å²) in [6.07, 6.45) is 2.57. The van der Waals surface area contributed by atoms with Crippen molar-refractivity contribution in [3.8, 4) is 33.9 Å². The van der Waals surface area contributed by atoms with E-state index in [1.807, 2.05) is 0 Å². The van der Waals surface area contributed by atoms with E-state index < -0.39 is 0 Å². The van der Waals surface area contributed by atoms with Gasteiger partial charge in [0.2, 0.25) is 0 Å². The van der Waals surface area contributed by atoms with Gasteiger partial charge in [-0.1, -0.05) is 326 Å². The summed E-state index contributed by atoms with van der Waals surface area (Å²) in [4.78, 5) is 0. The van der Waals surface area contributed by atoms with E-state index in [4.69, 9.17) is 0 Å². The summed E-state index contributed by atoms with van der Waals surface area (Å²) < 4.78 is 5.44. The number of rotatable bonds is 10. The maximum Gasteiger partial charge on any atom is 0.255 e. The van der Waals surface area contributed by atoms with E-state index in [-0.39, 0.29) is 79.4 Å². The van der Waals surface area contributed by atoms with E-state index in [2.05, 4.69) is 357 Å². The molecule has 4 unspecified atom stereocenters. The van der Waals surface area contributed by atoms with Crippen LogP contribution in [0.25, 0.3) is 44.7 Å². The van der Waals surface area contributed by atoms with Gasteiger partial charge in [0.1, 0.15) is 11.4 Å². The van der Waals surface area contributed by atoms with Crippen LogP contribution in [0.3, 0.4) is 0 Å². The zero-order valence-corrected chi connectivity index (χ0v) is 64.6. The SMILES string of the molecule is Cc1cc(C(C)c2cc(C(C)(C)C)cc(C(C)(C)C)c2)c(-n2c[n+](-c3c(C(C)c4cc(C(C)(C)C)cc(C(C)(C)C)c4)cc(C)cc3C(C)c3cc(C(C)(C)C)cc(C(C)(C)C)c3)c3c2-c2cccc4cccc-3c24)c(C(C)c2cc(C(C)(C)C)cc(C(C)(C)C)c2)c1.[Cl-]. The summed E-state index contributed by atoms with van der Waals surface area (Å²) in [6.45, 7) is 71.8. The Morgan fingerprint density at radius 2 is 0.574 bits per heavy atom. The molecular formula is C91H117ClN2. The number of benzene rings is 8. The largest absolute Gasteiger partial charge is 1.00 e. The van der Waals surface area contributed by atoms with Crippen molar-refractivity contribution in [2.24, 2.45) is 0 Å². The molecule has 1 heterocycles. The van der Waals surface area contributed by atoms with Crippen molar-refractivity contribution in [1.29, 1.82) is 0 Å². The first-order chi connectivity index (χ1) is 42.6. The average Bonchev–Trinajstić information content (AvgIpc) is 1.53. The van der Waals surface area contributed by atoms with Gasteiger partial charge < -0.3 is 12.4 Å². The molecule has 0 spiro atoms. The highest BCUT2D eigenvalue weighted by Gasteiger charge is 2.42. The number of hydrogen-bond acceptors (Lipinski definition) is 0. The molecule has 0 bridgehead atoms. The fraction of sp³-hybridized carbons (Fsp3) is 0.462. The molecule has 3 heteroatoms. The first-order valence-corrected chi connectivity index (χ1v) is 35.3. The molecule has 0 fully saturated rings. The summed E-state index contributed by atoms with van der Waals surface area (Å²) in [7, 11) is 0. The molecule has 10 rings (SSSR count). The molecule has 4 atom stereocenters. The first-order valence-electron chi connectivity index (χ1n) is 35.3. The van der Waals surface area contributed by atoms with Gasteiger partial charge in [-0.15, -0.1) is 0 Å². The van der Waals surface area contributed by atoms with Crippen LogP contribution in [0.4, 0.5) is 0 Å². The zero-order valence-electron chi connectivity index (χ0n) is 63.9. The molecule has 9 aromatic rings. The molecule has 0 saturated heterocycles. The second-order valence-corrected chi connectivity index (χ2v) is 37.1. The average molecular weight is 1270 g/mol.